The van der Waals surface area contributed by atoms with Crippen LogP contribution in [-0.4, -0.2) is 44.7 Å². The van der Waals surface area contributed by atoms with Crippen molar-refractivity contribution >= 4 is 43.3 Å². The average Bonchev–Trinajstić information content (AvgIpc) is 2.82. The monoisotopic (exact) mass is 532 g/mol. The van der Waals surface area contributed by atoms with E-state index in [0.717, 1.165) is 12.1 Å². The van der Waals surface area contributed by atoms with Crippen molar-refractivity contribution < 1.29 is 35.5 Å². The van der Waals surface area contributed by atoms with E-state index in [9.17, 15) is 35.5 Å². The van der Waals surface area contributed by atoms with E-state index >= 15 is 0 Å². The van der Waals surface area contributed by atoms with Crippen molar-refractivity contribution in [2.75, 3.05) is 17.7 Å². The first-order valence-corrected chi connectivity index (χ1v) is 13.5. The van der Waals surface area contributed by atoms with Gasteiger partial charge >= 0.3 is 0 Å². The number of anilines is 2. The first kappa shape index (κ1) is 27.0. The molecule has 3 aromatic carbocycles. The lowest BCUT2D eigenvalue weighted by atomic mass is 9.99. The van der Waals surface area contributed by atoms with Crippen LogP contribution >= 0.6 is 0 Å². The van der Waals surface area contributed by atoms with Crippen LogP contribution in [0.25, 0.3) is 11.1 Å². The van der Waals surface area contributed by atoms with Gasteiger partial charge in [-0.15, -0.1) is 0 Å². The zero-order chi connectivity index (χ0) is 26.8. The Kier molecular flexibility index (Phi) is 7.65. The largest absolute Gasteiger partial charge is 0.388 e. The number of hydrogen-bond donors (Lipinski definition) is 4. The van der Waals surface area contributed by atoms with Crippen LogP contribution in [0.5, 0.6) is 0 Å². The van der Waals surface area contributed by atoms with E-state index in [1.54, 1.807) is 26.0 Å². The smallest absolute Gasteiger partial charge is 0.295 e. The van der Waals surface area contributed by atoms with Gasteiger partial charge < -0.3 is 10.6 Å². The van der Waals surface area contributed by atoms with Gasteiger partial charge in [0, 0.05) is 46.6 Å². The lowest BCUT2D eigenvalue weighted by Gasteiger charge is -2.14. The fourth-order valence-electron chi connectivity index (χ4n) is 3.50. The summed E-state index contributed by atoms with van der Waals surface area (Å²) in [7, 11) is -8.14. The molecule has 190 valence electrons. The standard InChI is InChI=1S/C24H24N2O8S2/c1-14(2)23(27)15-5-4-6-16(11-15)24(28)26-18-8-10-20(22(13-18)36(32,33)34)19-9-7-17(25-3)12-21(19)35(29,30)31/h4-14,25H,1-3H3,(H,26,28)(H,29,30,31)(H,32,33,34). The fraction of sp³-hybridized carbons (Fsp3) is 0.167. The average molecular weight is 533 g/mol. The molecule has 0 bridgehead atoms. The molecule has 12 heteroatoms. The summed E-state index contributed by atoms with van der Waals surface area (Å²) in [5.41, 5.74) is 0.418. The Labute approximate surface area is 208 Å². The second-order valence-electron chi connectivity index (χ2n) is 8.18. The van der Waals surface area contributed by atoms with Gasteiger partial charge in [0.15, 0.2) is 5.78 Å². The second kappa shape index (κ2) is 10.2. The first-order chi connectivity index (χ1) is 16.7. The molecule has 0 aliphatic heterocycles. The van der Waals surface area contributed by atoms with Crippen molar-refractivity contribution in [1.82, 2.24) is 0 Å². The third-order valence-corrected chi connectivity index (χ3v) is 7.08. The highest BCUT2D eigenvalue weighted by Gasteiger charge is 2.24. The number of amides is 1. The molecule has 4 N–H and O–H groups in total. The Morgan fingerprint density at radius 3 is 1.75 bits per heavy atom. The molecule has 0 aliphatic carbocycles. The molecule has 0 fully saturated rings. The van der Waals surface area contributed by atoms with Gasteiger partial charge in [0.2, 0.25) is 0 Å². The van der Waals surface area contributed by atoms with Crippen LogP contribution in [0, 0.1) is 5.92 Å². The van der Waals surface area contributed by atoms with Crippen molar-refractivity contribution in [3.63, 3.8) is 0 Å². The lowest BCUT2D eigenvalue weighted by Crippen LogP contribution is -2.14. The number of ketones is 1. The molecule has 0 spiro atoms. The normalized spacial score (nSPS) is 11.8. The number of carbonyl (C=O) groups is 2. The molecule has 0 saturated carbocycles. The summed E-state index contributed by atoms with van der Waals surface area (Å²) >= 11 is 0. The van der Waals surface area contributed by atoms with E-state index < -0.39 is 35.9 Å². The van der Waals surface area contributed by atoms with Crippen LogP contribution in [0.1, 0.15) is 34.6 Å². The van der Waals surface area contributed by atoms with Crippen LogP contribution in [0.3, 0.4) is 0 Å². The molecule has 3 aromatic rings. The minimum absolute atomic E-state index is 0.0165. The molecule has 3 rings (SSSR count). The molecule has 0 heterocycles. The summed E-state index contributed by atoms with van der Waals surface area (Å²) < 4.78 is 67.9. The third-order valence-electron chi connectivity index (χ3n) is 5.29. The van der Waals surface area contributed by atoms with Crippen LogP contribution in [0.2, 0.25) is 0 Å². The Balaban J connectivity index is 2.07. The summed E-state index contributed by atoms with van der Waals surface area (Å²) in [6.45, 7) is 3.46. The van der Waals surface area contributed by atoms with Gasteiger partial charge in [-0.25, -0.2) is 0 Å². The van der Waals surface area contributed by atoms with Crippen LogP contribution in [0.4, 0.5) is 11.4 Å². The predicted molar refractivity (Wildman–Crippen MR) is 135 cm³/mol. The Bertz CT molecular complexity index is 1560. The summed E-state index contributed by atoms with van der Waals surface area (Å²) in [6.07, 6.45) is 0. The van der Waals surface area contributed by atoms with Gasteiger partial charge in [-0.05, 0) is 36.4 Å². The molecule has 0 saturated heterocycles. The first-order valence-electron chi connectivity index (χ1n) is 10.6. The van der Waals surface area contributed by atoms with Crippen LogP contribution < -0.4 is 10.6 Å². The van der Waals surface area contributed by atoms with Crippen molar-refractivity contribution in [2.45, 2.75) is 23.6 Å². The topological polar surface area (TPSA) is 167 Å². The number of rotatable bonds is 8. The van der Waals surface area contributed by atoms with E-state index in [1.807, 2.05) is 0 Å². The molecular weight excluding hydrogens is 508 g/mol. The number of hydrogen-bond acceptors (Lipinski definition) is 7. The van der Waals surface area contributed by atoms with Crippen molar-refractivity contribution in [1.29, 1.82) is 0 Å². The highest BCUT2D eigenvalue weighted by molar-refractivity contribution is 7.86. The number of benzene rings is 3. The molecular formula is C24H24N2O8S2. The van der Waals surface area contributed by atoms with Gasteiger partial charge in [0.05, 0.1) is 0 Å². The van der Waals surface area contributed by atoms with E-state index in [0.29, 0.717) is 11.3 Å². The van der Waals surface area contributed by atoms with E-state index in [1.165, 1.54) is 43.4 Å². The molecule has 1 amide bonds. The van der Waals surface area contributed by atoms with Gasteiger partial charge in [0.1, 0.15) is 9.79 Å². The van der Waals surface area contributed by atoms with Crippen molar-refractivity contribution in [2.24, 2.45) is 5.92 Å². The van der Waals surface area contributed by atoms with Gasteiger partial charge in [-0.2, -0.15) is 16.8 Å². The highest BCUT2D eigenvalue weighted by atomic mass is 32.2. The fourth-order valence-corrected chi connectivity index (χ4v) is 4.96. The quantitative estimate of drug-likeness (QED) is 0.248. The minimum atomic E-state index is -4.90. The summed E-state index contributed by atoms with van der Waals surface area (Å²) in [5.74, 6) is -1.07. The zero-order valence-corrected chi connectivity index (χ0v) is 21.1. The van der Waals surface area contributed by atoms with Gasteiger partial charge in [0.25, 0.3) is 26.1 Å². The molecule has 0 unspecified atom stereocenters. The Hall–Kier alpha value is -3.58. The maximum absolute atomic E-state index is 12.8. The minimum Gasteiger partial charge on any atom is -0.388 e. The third kappa shape index (κ3) is 5.97. The summed E-state index contributed by atoms with van der Waals surface area (Å²) in [5, 5.41) is 5.22. The molecule has 10 nitrogen and oxygen atoms in total. The zero-order valence-electron chi connectivity index (χ0n) is 19.5. The lowest BCUT2D eigenvalue weighted by molar-refractivity contribution is 0.0939. The second-order valence-corrected chi connectivity index (χ2v) is 11.0. The van der Waals surface area contributed by atoms with Crippen LogP contribution in [-0.2, 0) is 20.2 Å². The predicted octanol–water partition coefficient (Wildman–Crippen LogP) is 3.98. The van der Waals surface area contributed by atoms with E-state index in [4.69, 9.17) is 0 Å². The summed E-state index contributed by atoms with van der Waals surface area (Å²) in [6, 6.07) is 13.3. The molecule has 0 atom stereocenters. The van der Waals surface area contributed by atoms with E-state index in [2.05, 4.69) is 10.6 Å². The van der Waals surface area contributed by atoms with Crippen LogP contribution in [0.15, 0.2) is 70.5 Å². The Morgan fingerprint density at radius 1 is 0.750 bits per heavy atom. The number of Topliss-reactive ketones (excluding diaryl/α,β-unsaturated/α-hetero) is 1. The number of carbonyl (C=O) groups excluding carboxylic acids is 2. The van der Waals surface area contributed by atoms with Crippen molar-refractivity contribution in [3.8, 4) is 11.1 Å². The van der Waals surface area contributed by atoms with Crippen molar-refractivity contribution in [3.05, 3.63) is 71.8 Å². The number of nitrogens with one attached hydrogen (secondary N) is 2. The molecule has 0 radical (unpaired) electrons. The molecule has 0 aromatic heterocycles. The molecule has 36 heavy (non-hydrogen) atoms. The maximum atomic E-state index is 12.8. The highest BCUT2D eigenvalue weighted by Crippen LogP contribution is 2.35. The summed E-state index contributed by atoms with van der Waals surface area (Å²) in [4.78, 5) is 23.8. The maximum Gasteiger partial charge on any atom is 0.295 e. The molecule has 0 aliphatic rings. The van der Waals surface area contributed by atoms with Gasteiger partial charge in [-0.3, -0.25) is 18.7 Å². The van der Waals surface area contributed by atoms with E-state index in [-0.39, 0.29) is 34.1 Å². The SMILES string of the molecule is CNc1ccc(-c2ccc(NC(=O)c3cccc(C(=O)C(C)C)c3)cc2S(=O)(=O)O)c(S(=O)(=O)O)c1. The Morgan fingerprint density at radius 2 is 1.25 bits per heavy atom. The van der Waals surface area contributed by atoms with Gasteiger partial charge in [-0.1, -0.05) is 38.1 Å².